The number of carbonyl (C=O) groups excluding carboxylic acids is 1. The maximum atomic E-state index is 13.5. The van der Waals surface area contributed by atoms with Crippen molar-refractivity contribution in [1.29, 1.82) is 0 Å². The zero-order chi connectivity index (χ0) is 46.7. The lowest BCUT2D eigenvalue weighted by molar-refractivity contribution is -0.275. The van der Waals surface area contributed by atoms with Crippen LogP contribution in [0.3, 0.4) is 0 Å². The Morgan fingerprint density at radius 2 is 1.15 bits per heavy atom. The van der Waals surface area contributed by atoms with Gasteiger partial charge >= 0.3 is 5.97 Å². The minimum absolute atomic E-state index is 0.0126. The van der Waals surface area contributed by atoms with Crippen LogP contribution in [0.15, 0.2) is 121 Å². The van der Waals surface area contributed by atoms with Gasteiger partial charge in [0.2, 0.25) is 0 Å². The standard InChI is InChI=1S/C54H70O10S2/c1-40(33-42-21-11-7-12-22-42)46(60-41(2)55)29-19-30-54(65-31-20-32-66-54)48(56)49-53(64-51(5,6)62-49,39-59-36-45-27-17-10-18-28-45)52(38-58-35-44-25-15-9-16-26-44)47(61-50(3,4)63-52)37-57-34-43-23-13-8-14-24-43/h7-18,21-28,40,46-49,56H,19-20,29-39H2,1-6H3/t40-,46-,47-,48-,49+,52-,53-/m1/s1. The van der Waals surface area contributed by atoms with Gasteiger partial charge in [-0.1, -0.05) is 128 Å². The topological polar surface area (TPSA) is 111 Å². The summed E-state index contributed by atoms with van der Waals surface area (Å²) >= 11 is 3.55. The highest BCUT2D eigenvalue weighted by Gasteiger charge is 2.75. The van der Waals surface area contributed by atoms with Gasteiger partial charge in [-0.3, -0.25) is 4.79 Å². The largest absolute Gasteiger partial charge is 0.462 e. The molecule has 0 spiro atoms. The van der Waals surface area contributed by atoms with Crippen LogP contribution in [0.5, 0.6) is 0 Å². The van der Waals surface area contributed by atoms with Crippen molar-refractivity contribution in [3.63, 3.8) is 0 Å². The van der Waals surface area contributed by atoms with Crippen LogP contribution in [-0.4, -0.2) is 93.7 Å². The number of ether oxygens (including phenoxy) is 8. The second-order valence-corrected chi connectivity index (χ2v) is 22.0. The van der Waals surface area contributed by atoms with Gasteiger partial charge in [-0.25, -0.2) is 0 Å². The van der Waals surface area contributed by atoms with Gasteiger partial charge in [0, 0.05) is 6.92 Å². The Hall–Kier alpha value is -3.27. The maximum absolute atomic E-state index is 13.5. The Balaban J connectivity index is 1.26. The molecule has 358 valence electrons. The summed E-state index contributed by atoms with van der Waals surface area (Å²) in [4.78, 5) is 12.5. The molecule has 0 saturated carbocycles. The van der Waals surface area contributed by atoms with Crippen molar-refractivity contribution in [2.45, 2.75) is 145 Å². The molecule has 3 heterocycles. The average Bonchev–Trinajstić information content (AvgIpc) is 3.75. The van der Waals surface area contributed by atoms with E-state index in [4.69, 9.17) is 37.9 Å². The molecule has 66 heavy (non-hydrogen) atoms. The van der Waals surface area contributed by atoms with Crippen molar-refractivity contribution in [2.75, 3.05) is 31.3 Å². The van der Waals surface area contributed by atoms with Gasteiger partial charge < -0.3 is 43.0 Å². The van der Waals surface area contributed by atoms with E-state index in [1.807, 2.05) is 137 Å². The van der Waals surface area contributed by atoms with Crippen molar-refractivity contribution in [1.82, 2.24) is 0 Å². The minimum atomic E-state index is -1.51. The molecule has 0 radical (unpaired) electrons. The van der Waals surface area contributed by atoms with Crippen LogP contribution in [-0.2, 0) is 68.9 Å². The van der Waals surface area contributed by atoms with Crippen molar-refractivity contribution in [2.24, 2.45) is 5.92 Å². The Labute approximate surface area is 401 Å². The lowest BCUT2D eigenvalue weighted by Gasteiger charge is -2.52. The van der Waals surface area contributed by atoms with E-state index in [1.54, 1.807) is 23.5 Å². The zero-order valence-corrected chi connectivity index (χ0v) is 41.2. The van der Waals surface area contributed by atoms with E-state index >= 15 is 0 Å². The summed E-state index contributed by atoms with van der Waals surface area (Å²) in [7, 11) is 0. The predicted molar refractivity (Wildman–Crippen MR) is 261 cm³/mol. The lowest BCUT2D eigenvalue weighted by atomic mass is 9.73. The summed E-state index contributed by atoms with van der Waals surface area (Å²) in [6.45, 7) is 12.2. The summed E-state index contributed by atoms with van der Waals surface area (Å²) in [5, 5.41) is 13.5. The van der Waals surface area contributed by atoms with E-state index in [2.05, 4.69) is 19.1 Å². The average molecular weight is 943 g/mol. The van der Waals surface area contributed by atoms with Crippen molar-refractivity contribution >= 4 is 29.5 Å². The molecular weight excluding hydrogens is 873 g/mol. The van der Waals surface area contributed by atoms with Gasteiger partial charge in [-0.15, -0.1) is 23.5 Å². The van der Waals surface area contributed by atoms with E-state index in [9.17, 15) is 9.90 Å². The third-order valence-corrected chi connectivity index (χ3v) is 16.3. The van der Waals surface area contributed by atoms with Gasteiger partial charge in [-0.05, 0) is 99.5 Å². The molecule has 12 heteroatoms. The number of benzene rings is 4. The Bertz CT molecular complexity index is 2070. The third-order valence-electron chi connectivity index (χ3n) is 12.7. The van der Waals surface area contributed by atoms with E-state index in [1.165, 1.54) is 12.5 Å². The Morgan fingerprint density at radius 1 is 0.682 bits per heavy atom. The number of aliphatic hydroxyl groups is 1. The molecule has 4 aromatic rings. The fraction of sp³-hybridized carbons (Fsp3) is 0.537. The summed E-state index contributed by atoms with van der Waals surface area (Å²) < 4.78 is 54.1. The van der Waals surface area contributed by atoms with Crippen molar-refractivity contribution in [3.8, 4) is 0 Å². The second-order valence-electron chi connectivity index (χ2n) is 18.9. The number of hydrogen-bond acceptors (Lipinski definition) is 12. The fourth-order valence-corrected chi connectivity index (χ4v) is 13.3. The van der Waals surface area contributed by atoms with E-state index < -0.39 is 45.2 Å². The molecule has 10 nitrogen and oxygen atoms in total. The summed E-state index contributed by atoms with van der Waals surface area (Å²) in [6, 6.07) is 40.4. The number of hydrogen-bond donors (Lipinski definition) is 1. The van der Waals surface area contributed by atoms with Gasteiger partial charge in [-0.2, -0.15) is 0 Å². The predicted octanol–water partition coefficient (Wildman–Crippen LogP) is 10.3. The SMILES string of the molecule is CC(=O)O[C@H](CCCC1([C@H](O)[C@@H]2OC(C)(C)O[C@@]2(COCc2ccccc2)[C@]2(COCc3ccccc3)OC(C)(C)O[C@@H]2COCc2ccccc2)SCCCS1)[C@H](C)Cc1ccccc1. The summed E-state index contributed by atoms with van der Waals surface area (Å²) in [6.07, 6.45) is 0.650. The van der Waals surface area contributed by atoms with Crippen LogP contribution in [0.25, 0.3) is 0 Å². The summed E-state index contributed by atoms with van der Waals surface area (Å²) in [5.41, 5.74) is 1.27. The fourth-order valence-electron chi connectivity index (χ4n) is 9.81. The van der Waals surface area contributed by atoms with E-state index in [-0.39, 0.29) is 44.4 Å². The van der Waals surface area contributed by atoms with Crippen LogP contribution in [0.1, 0.15) is 89.5 Å². The molecule has 0 amide bonds. The number of thioether (sulfide) groups is 2. The highest BCUT2D eigenvalue weighted by atomic mass is 32.2. The van der Waals surface area contributed by atoms with Gasteiger partial charge in [0.1, 0.15) is 24.4 Å². The molecule has 0 aromatic heterocycles. The van der Waals surface area contributed by atoms with Gasteiger partial charge in [0.25, 0.3) is 0 Å². The second kappa shape index (κ2) is 22.9. The highest BCUT2D eigenvalue weighted by molar-refractivity contribution is 8.18. The molecule has 4 aromatic carbocycles. The molecule has 3 saturated heterocycles. The molecule has 3 aliphatic rings. The number of aliphatic hydroxyl groups excluding tert-OH is 1. The van der Waals surface area contributed by atoms with Crippen LogP contribution < -0.4 is 0 Å². The summed E-state index contributed by atoms with van der Waals surface area (Å²) in [5.74, 6) is -0.792. The first-order valence-corrected chi connectivity index (χ1v) is 25.5. The molecule has 7 rings (SSSR count). The zero-order valence-electron chi connectivity index (χ0n) is 39.6. The molecule has 0 unspecified atom stereocenters. The molecule has 1 N–H and O–H groups in total. The number of esters is 1. The molecule has 0 bridgehead atoms. The Morgan fingerprint density at radius 3 is 1.68 bits per heavy atom. The smallest absolute Gasteiger partial charge is 0.302 e. The van der Waals surface area contributed by atoms with Crippen LogP contribution >= 0.6 is 23.5 Å². The number of carbonyl (C=O) groups is 1. The van der Waals surface area contributed by atoms with E-state index in [0.29, 0.717) is 32.5 Å². The highest BCUT2D eigenvalue weighted by Crippen LogP contribution is 2.58. The molecule has 3 aliphatic heterocycles. The normalized spacial score (nSPS) is 25.8. The van der Waals surface area contributed by atoms with Crippen LogP contribution in [0.2, 0.25) is 0 Å². The first-order chi connectivity index (χ1) is 31.7. The van der Waals surface area contributed by atoms with Crippen LogP contribution in [0, 0.1) is 5.92 Å². The minimum Gasteiger partial charge on any atom is -0.462 e. The molecular formula is C54H70O10S2. The maximum Gasteiger partial charge on any atom is 0.302 e. The van der Waals surface area contributed by atoms with Gasteiger partial charge in [0.15, 0.2) is 22.8 Å². The first-order valence-electron chi connectivity index (χ1n) is 23.5. The monoisotopic (exact) mass is 942 g/mol. The van der Waals surface area contributed by atoms with Gasteiger partial charge in [0.05, 0.1) is 43.7 Å². The molecule has 7 atom stereocenters. The lowest BCUT2D eigenvalue weighted by Crippen LogP contribution is -2.73. The molecule has 3 fully saturated rings. The van der Waals surface area contributed by atoms with Crippen LogP contribution in [0.4, 0.5) is 0 Å². The quantitative estimate of drug-likeness (QED) is 0.0715. The Kier molecular flexibility index (Phi) is 17.6. The molecule has 0 aliphatic carbocycles. The first kappa shape index (κ1) is 50.6. The van der Waals surface area contributed by atoms with E-state index in [0.717, 1.165) is 41.0 Å². The van der Waals surface area contributed by atoms with Crippen molar-refractivity contribution < 1.29 is 47.8 Å². The number of rotatable bonds is 23. The van der Waals surface area contributed by atoms with Crippen molar-refractivity contribution in [3.05, 3.63) is 144 Å². The third kappa shape index (κ3) is 12.7.